The Balaban J connectivity index is 2.60. The molecule has 1 aromatic rings. The van der Waals surface area contributed by atoms with E-state index in [4.69, 9.17) is 5.73 Å². The predicted octanol–water partition coefficient (Wildman–Crippen LogP) is 2.30. The second-order valence-electron chi connectivity index (χ2n) is 4.24. The van der Waals surface area contributed by atoms with Gasteiger partial charge in [-0.2, -0.15) is 0 Å². The molecule has 0 aromatic heterocycles. The third-order valence-corrected chi connectivity index (χ3v) is 2.58. The van der Waals surface area contributed by atoms with Crippen molar-refractivity contribution in [3.63, 3.8) is 0 Å². The Hall–Kier alpha value is -0.860. The molecule has 15 heavy (non-hydrogen) atoms. The number of benzene rings is 1. The van der Waals surface area contributed by atoms with Crippen LogP contribution in [0, 0.1) is 13.8 Å². The van der Waals surface area contributed by atoms with E-state index in [1.165, 1.54) is 16.7 Å². The number of hydrogen-bond acceptors (Lipinski definition) is 2. The van der Waals surface area contributed by atoms with Gasteiger partial charge in [-0.05, 0) is 45.8 Å². The van der Waals surface area contributed by atoms with Crippen LogP contribution in [0.3, 0.4) is 0 Å². The van der Waals surface area contributed by atoms with Crippen molar-refractivity contribution >= 4 is 0 Å². The van der Waals surface area contributed by atoms with Crippen molar-refractivity contribution in [2.24, 2.45) is 5.73 Å². The highest BCUT2D eigenvalue weighted by atomic mass is 14.9. The van der Waals surface area contributed by atoms with Gasteiger partial charge in [0.25, 0.3) is 0 Å². The van der Waals surface area contributed by atoms with Crippen molar-refractivity contribution in [1.29, 1.82) is 0 Å². The van der Waals surface area contributed by atoms with Gasteiger partial charge in [0.15, 0.2) is 0 Å². The van der Waals surface area contributed by atoms with E-state index >= 15 is 0 Å². The van der Waals surface area contributed by atoms with E-state index in [0.29, 0.717) is 6.04 Å². The molecule has 1 aromatic carbocycles. The molecule has 0 aliphatic carbocycles. The molecule has 0 aliphatic rings. The van der Waals surface area contributed by atoms with Gasteiger partial charge in [-0.1, -0.05) is 29.3 Å². The van der Waals surface area contributed by atoms with Crippen LogP contribution in [-0.2, 0) is 0 Å². The third kappa shape index (κ3) is 4.02. The molecule has 2 nitrogen and oxygen atoms in total. The Kier molecular flexibility index (Phi) is 4.79. The fourth-order valence-electron chi connectivity index (χ4n) is 1.80. The lowest BCUT2D eigenvalue weighted by Crippen LogP contribution is -2.22. The third-order valence-electron chi connectivity index (χ3n) is 2.58. The van der Waals surface area contributed by atoms with Gasteiger partial charge >= 0.3 is 0 Å². The first-order valence-electron chi connectivity index (χ1n) is 5.65. The average Bonchev–Trinajstić information content (AvgIpc) is 2.16. The SMILES string of the molecule is Cc1cc(C)cc(C(C)NCCCN)c1. The first kappa shape index (κ1) is 12.2. The van der Waals surface area contributed by atoms with E-state index in [-0.39, 0.29) is 0 Å². The largest absolute Gasteiger partial charge is 0.330 e. The fraction of sp³-hybridized carbons (Fsp3) is 0.538. The van der Waals surface area contributed by atoms with Crippen LogP contribution in [0.4, 0.5) is 0 Å². The first-order valence-corrected chi connectivity index (χ1v) is 5.65. The smallest absolute Gasteiger partial charge is 0.0291 e. The molecular formula is C13H22N2. The molecule has 1 unspecified atom stereocenters. The summed E-state index contributed by atoms with van der Waals surface area (Å²) in [5, 5.41) is 3.47. The Morgan fingerprint density at radius 2 is 1.80 bits per heavy atom. The molecule has 1 rings (SSSR count). The predicted molar refractivity (Wildman–Crippen MR) is 66.0 cm³/mol. The fourth-order valence-corrected chi connectivity index (χ4v) is 1.80. The zero-order valence-electron chi connectivity index (χ0n) is 10.0. The summed E-state index contributed by atoms with van der Waals surface area (Å²) >= 11 is 0. The summed E-state index contributed by atoms with van der Waals surface area (Å²) in [4.78, 5) is 0. The van der Waals surface area contributed by atoms with E-state index in [1.807, 2.05) is 0 Å². The van der Waals surface area contributed by atoms with Crippen molar-refractivity contribution in [2.45, 2.75) is 33.2 Å². The second-order valence-corrected chi connectivity index (χ2v) is 4.24. The van der Waals surface area contributed by atoms with Gasteiger partial charge < -0.3 is 11.1 Å². The van der Waals surface area contributed by atoms with E-state index in [2.05, 4.69) is 44.3 Å². The minimum Gasteiger partial charge on any atom is -0.330 e. The van der Waals surface area contributed by atoms with Crippen LogP contribution in [-0.4, -0.2) is 13.1 Å². The molecule has 0 amide bonds. The van der Waals surface area contributed by atoms with Gasteiger partial charge in [-0.3, -0.25) is 0 Å². The van der Waals surface area contributed by atoms with Crippen molar-refractivity contribution in [1.82, 2.24) is 5.32 Å². The lowest BCUT2D eigenvalue weighted by Gasteiger charge is -2.15. The molecule has 0 radical (unpaired) electrons. The molecule has 84 valence electrons. The topological polar surface area (TPSA) is 38.0 Å². The molecule has 0 saturated carbocycles. The van der Waals surface area contributed by atoms with Gasteiger partial charge in [0.1, 0.15) is 0 Å². The molecule has 0 saturated heterocycles. The van der Waals surface area contributed by atoms with Gasteiger partial charge in [0.05, 0.1) is 0 Å². The van der Waals surface area contributed by atoms with Crippen LogP contribution in [0.15, 0.2) is 18.2 Å². The maximum absolute atomic E-state index is 5.46. The molecule has 0 heterocycles. The van der Waals surface area contributed by atoms with E-state index in [9.17, 15) is 0 Å². The number of aryl methyl sites for hydroxylation is 2. The molecule has 2 heteroatoms. The molecule has 0 aliphatic heterocycles. The van der Waals surface area contributed by atoms with Gasteiger partial charge in [-0.25, -0.2) is 0 Å². The summed E-state index contributed by atoms with van der Waals surface area (Å²) in [6.07, 6.45) is 1.04. The van der Waals surface area contributed by atoms with E-state index in [0.717, 1.165) is 19.5 Å². The summed E-state index contributed by atoms with van der Waals surface area (Å²) in [6.45, 7) is 8.23. The van der Waals surface area contributed by atoms with Crippen molar-refractivity contribution in [2.75, 3.05) is 13.1 Å². The minimum absolute atomic E-state index is 0.412. The number of nitrogens with two attached hydrogens (primary N) is 1. The van der Waals surface area contributed by atoms with Crippen LogP contribution >= 0.6 is 0 Å². The normalized spacial score (nSPS) is 12.8. The number of rotatable bonds is 5. The maximum atomic E-state index is 5.46. The van der Waals surface area contributed by atoms with Crippen LogP contribution < -0.4 is 11.1 Å². The molecule has 3 N–H and O–H groups in total. The van der Waals surface area contributed by atoms with Crippen LogP contribution in [0.2, 0.25) is 0 Å². The van der Waals surface area contributed by atoms with E-state index < -0.39 is 0 Å². The quantitative estimate of drug-likeness (QED) is 0.725. The molecule has 0 spiro atoms. The van der Waals surface area contributed by atoms with Crippen molar-refractivity contribution in [3.8, 4) is 0 Å². The molecular weight excluding hydrogens is 184 g/mol. The molecule has 0 fully saturated rings. The minimum atomic E-state index is 0.412. The maximum Gasteiger partial charge on any atom is 0.0291 e. The Bertz CT molecular complexity index is 287. The monoisotopic (exact) mass is 206 g/mol. The summed E-state index contributed by atoms with van der Waals surface area (Å²) < 4.78 is 0. The lowest BCUT2D eigenvalue weighted by atomic mass is 10.0. The van der Waals surface area contributed by atoms with Gasteiger partial charge in [-0.15, -0.1) is 0 Å². The van der Waals surface area contributed by atoms with Crippen molar-refractivity contribution < 1.29 is 0 Å². The number of hydrogen-bond donors (Lipinski definition) is 2. The highest BCUT2D eigenvalue weighted by molar-refractivity contribution is 5.30. The Morgan fingerprint density at radius 3 is 2.33 bits per heavy atom. The zero-order chi connectivity index (χ0) is 11.3. The molecule has 1 atom stereocenters. The van der Waals surface area contributed by atoms with Gasteiger partial charge in [0, 0.05) is 6.04 Å². The van der Waals surface area contributed by atoms with Crippen molar-refractivity contribution in [3.05, 3.63) is 34.9 Å². The van der Waals surface area contributed by atoms with E-state index in [1.54, 1.807) is 0 Å². The second kappa shape index (κ2) is 5.89. The first-order chi connectivity index (χ1) is 7.13. The Morgan fingerprint density at radius 1 is 1.20 bits per heavy atom. The summed E-state index contributed by atoms with van der Waals surface area (Å²) in [7, 11) is 0. The van der Waals surface area contributed by atoms with Crippen LogP contribution in [0.25, 0.3) is 0 Å². The van der Waals surface area contributed by atoms with Gasteiger partial charge in [0.2, 0.25) is 0 Å². The zero-order valence-corrected chi connectivity index (χ0v) is 10.0. The Labute approximate surface area is 92.9 Å². The number of nitrogens with one attached hydrogen (secondary N) is 1. The highest BCUT2D eigenvalue weighted by Gasteiger charge is 2.04. The summed E-state index contributed by atoms with van der Waals surface area (Å²) in [5.74, 6) is 0. The average molecular weight is 206 g/mol. The summed E-state index contributed by atoms with van der Waals surface area (Å²) in [6, 6.07) is 7.10. The standard InChI is InChI=1S/C13H22N2/c1-10-7-11(2)9-13(8-10)12(3)15-6-4-5-14/h7-9,12,15H,4-6,14H2,1-3H3. The van der Waals surface area contributed by atoms with Crippen LogP contribution in [0.1, 0.15) is 36.1 Å². The lowest BCUT2D eigenvalue weighted by molar-refractivity contribution is 0.561. The van der Waals surface area contributed by atoms with Crippen LogP contribution in [0.5, 0.6) is 0 Å². The summed E-state index contributed by atoms with van der Waals surface area (Å²) in [5.41, 5.74) is 9.49. The molecule has 0 bridgehead atoms. The highest BCUT2D eigenvalue weighted by Crippen LogP contribution is 2.16.